The van der Waals surface area contributed by atoms with Gasteiger partial charge in [0.1, 0.15) is 5.75 Å². The largest absolute Gasteiger partial charge is 0.488 e. The Hall–Kier alpha value is -2.90. The lowest BCUT2D eigenvalue weighted by molar-refractivity contribution is -0.111. The molecule has 2 rings (SSSR count). The first-order valence-corrected chi connectivity index (χ1v) is 6.71. The summed E-state index contributed by atoms with van der Waals surface area (Å²) in [6.45, 7) is 3.35. The first-order valence-electron chi connectivity index (χ1n) is 6.71. The Labute approximate surface area is 133 Å². The Morgan fingerprint density at radius 2 is 1.65 bits per heavy atom. The number of rotatable bonds is 5. The fourth-order valence-electron chi connectivity index (χ4n) is 1.76. The molecule has 2 aromatic rings. The van der Waals surface area contributed by atoms with Crippen LogP contribution in [0.4, 0.5) is 5.69 Å². The van der Waals surface area contributed by atoms with Gasteiger partial charge in [-0.05, 0) is 47.9 Å². The highest BCUT2D eigenvalue weighted by Crippen LogP contribution is 2.14. The second kappa shape index (κ2) is 7.39. The number of amides is 1. The van der Waals surface area contributed by atoms with Crippen LogP contribution in [0.15, 0.2) is 61.2 Å². The van der Waals surface area contributed by atoms with Gasteiger partial charge in [0.05, 0.1) is 5.56 Å². The molecule has 0 aromatic heterocycles. The standard InChI is InChI=1S/C16H14BNO5/c1-2-15(19)18-13-7-3-11(4-8-13)16(20)23-14-9-5-12(6-10-14)17(21)22/h2-10,21-22H,1H2,(H,18,19). The summed E-state index contributed by atoms with van der Waals surface area (Å²) in [5.74, 6) is -0.626. The van der Waals surface area contributed by atoms with E-state index in [1.54, 1.807) is 12.1 Å². The molecule has 0 spiro atoms. The van der Waals surface area contributed by atoms with Crippen molar-refractivity contribution in [3.8, 4) is 5.75 Å². The van der Waals surface area contributed by atoms with Crippen LogP contribution < -0.4 is 15.5 Å². The van der Waals surface area contributed by atoms with Gasteiger partial charge in [0.2, 0.25) is 5.91 Å². The zero-order valence-electron chi connectivity index (χ0n) is 12.1. The third-order valence-corrected chi connectivity index (χ3v) is 2.96. The third kappa shape index (κ3) is 4.54. The van der Waals surface area contributed by atoms with E-state index in [4.69, 9.17) is 14.8 Å². The van der Waals surface area contributed by atoms with Gasteiger partial charge in [-0.3, -0.25) is 4.79 Å². The van der Waals surface area contributed by atoms with Gasteiger partial charge >= 0.3 is 13.1 Å². The molecule has 0 radical (unpaired) electrons. The number of hydrogen-bond donors (Lipinski definition) is 3. The monoisotopic (exact) mass is 311 g/mol. The van der Waals surface area contributed by atoms with Crippen molar-refractivity contribution in [2.45, 2.75) is 0 Å². The molecule has 0 saturated carbocycles. The number of carbonyl (C=O) groups excluding carboxylic acids is 2. The molecule has 0 heterocycles. The van der Waals surface area contributed by atoms with Crippen molar-refractivity contribution in [2.24, 2.45) is 0 Å². The third-order valence-electron chi connectivity index (χ3n) is 2.96. The van der Waals surface area contributed by atoms with Crippen molar-refractivity contribution in [1.29, 1.82) is 0 Å². The SMILES string of the molecule is C=CC(=O)Nc1ccc(C(=O)Oc2ccc(B(O)O)cc2)cc1. The lowest BCUT2D eigenvalue weighted by atomic mass is 9.80. The number of esters is 1. The van der Waals surface area contributed by atoms with E-state index in [9.17, 15) is 9.59 Å². The molecule has 0 aliphatic carbocycles. The summed E-state index contributed by atoms with van der Waals surface area (Å²) < 4.78 is 5.17. The second-order valence-corrected chi connectivity index (χ2v) is 4.60. The van der Waals surface area contributed by atoms with Crippen LogP contribution in [0.5, 0.6) is 5.75 Å². The number of nitrogens with one attached hydrogen (secondary N) is 1. The van der Waals surface area contributed by atoms with Gasteiger partial charge in [0.15, 0.2) is 0 Å². The summed E-state index contributed by atoms with van der Waals surface area (Å²) in [6, 6.07) is 12.0. The Kier molecular flexibility index (Phi) is 5.30. The smallest absolute Gasteiger partial charge is 0.423 e. The van der Waals surface area contributed by atoms with E-state index in [0.29, 0.717) is 16.7 Å². The van der Waals surface area contributed by atoms with Gasteiger partial charge in [0, 0.05) is 5.69 Å². The molecule has 0 fully saturated rings. The maximum Gasteiger partial charge on any atom is 0.488 e. The lowest BCUT2D eigenvalue weighted by Gasteiger charge is -2.07. The summed E-state index contributed by atoms with van der Waals surface area (Å²) in [7, 11) is -1.57. The molecule has 7 heteroatoms. The first kappa shape index (κ1) is 16.5. The van der Waals surface area contributed by atoms with E-state index in [2.05, 4.69) is 11.9 Å². The summed E-state index contributed by atoms with van der Waals surface area (Å²) >= 11 is 0. The van der Waals surface area contributed by atoms with E-state index < -0.39 is 13.1 Å². The Morgan fingerprint density at radius 3 is 2.17 bits per heavy atom. The van der Waals surface area contributed by atoms with E-state index in [-0.39, 0.29) is 11.7 Å². The van der Waals surface area contributed by atoms with E-state index in [1.807, 2.05) is 0 Å². The van der Waals surface area contributed by atoms with Gasteiger partial charge < -0.3 is 20.1 Å². The predicted molar refractivity (Wildman–Crippen MR) is 86.5 cm³/mol. The molecule has 23 heavy (non-hydrogen) atoms. The number of carbonyl (C=O) groups is 2. The normalized spacial score (nSPS) is 9.83. The van der Waals surface area contributed by atoms with E-state index in [0.717, 1.165) is 6.08 Å². The highest BCUT2D eigenvalue weighted by molar-refractivity contribution is 6.58. The minimum absolute atomic E-state index is 0.281. The molecule has 116 valence electrons. The zero-order valence-corrected chi connectivity index (χ0v) is 12.1. The summed E-state index contributed by atoms with van der Waals surface area (Å²) in [4.78, 5) is 23.2. The molecule has 3 N–H and O–H groups in total. The average molecular weight is 311 g/mol. The summed E-state index contributed by atoms with van der Waals surface area (Å²) in [5.41, 5.74) is 1.15. The fourth-order valence-corrected chi connectivity index (χ4v) is 1.76. The Bertz CT molecular complexity index is 710. The molecular weight excluding hydrogens is 297 g/mol. The molecule has 0 aliphatic rings. The fraction of sp³-hybridized carbons (Fsp3) is 0. The van der Waals surface area contributed by atoms with Crippen LogP contribution in [0.1, 0.15) is 10.4 Å². The Morgan fingerprint density at radius 1 is 1.04 bits per heavy atom. The summed E-state index contributed by atoms with van der Waals surface area (Å²) in [6.07, 6.45) is 1.15. The van der Waals surface area contributed by atoms with Gasteiger partial charge in [-0.25, -0.2) is 4.79 Å². The highest BCUT2D eigenvalue weighted by atomic mass is 16.5. The molecule has 6 nitrogen and oxygen atoms in total. The number of ether oxygens (including phenoxy) is 1. The maximum atomic E-state index is 12.0. The first-order chi connectivity index (χ1) is 11.0. The van der Waals surface area contributed by atoms with Gasteiger partial charge in [-0.2, -0.15) is 0 Å². The van der Waals surface area contributed by atoms with Crippen molar-refractivity contribution in [2.75, 3.05) is 5.32 Å². The van der Waals surface area contributed by atoms with Gasteiger partial charge in [-0.1, -0.05) is 18.7 Å². The van der Waals surface area contributed by atoms with Crippen molar-refractivity contribution in [1.82, 2.24) is 0 Å². The lowest BCUT2D eigenvalue weighted by Crippen LogP contribution is -2.29. The van der Waals surface area contributed by atoms with E-state index >= 15 is 0 Å². The van der Waals surface area contributed by atoms with Crippen LogP contribution in [-0.2, 0) is 4.79 Å². The van der Waals surface area contributed by atoms with Crippen LogP contribution in [0.3, 0.4) is 0 Å². The van der Waals surface area contributed by atoms with Crippen LogP contribution >= 0.6 is 0 Å². The van der Waals surface area contributed by atoms with Crippen LogP contribution in [0.2, 0.25) is 0 Å². The van der Waals surface area contributed by atoms with Crippen LogP contribution in [0.25, 0.3) is 0 Å². The van der Waals surface area contributed by atoms with Crippen LogP contribution in [0, 0.1) is 0 Å². The van der Waals surface area contributed by atoms with E-state index in [1.165, 1.54) is 36.4 Å². The Balaban J connectivity index is 2.02. The molecule has 1 amide bonds. The van der Waals surface area contributed by atoms with Gasteiger partial charge in [-0.15, -0.1) is 0 Å². The van der Waals surface area contributed by atoms with Crippen molar-refractivity contribution < 1.29 is 24.4 Å². The predicted octanol–water partition coefficient (Wildman–Crippen LogP) is 0.710. The quantitative estimate of drug-likeness (QED) is 0.327. The molecule has 2 aromatic carbocycles. The molecule has 0 bridgehead atoms. The van der Waals surface area contributed by atoms with Gasteiger partial charge in [0.25, 0.3) is 0 Å². The number of hydrogen-bond acceptors (Lipinski definition) is 5. The minimum Gasteiger partial charge on any atom is -0.423 e. The zero-order chi connectivity index (χ0) is 16.8. The minimum atomic E-state index is -1.57. The molecule has 0 atom stereocenters. The average Bonchev–Trinajstić information content (AvgIpc) is 2.55. The van der Waals surface area contributed by atoms with Crippen molar-refractivity contribution >= 4 is 30.1 Å². The van der Waals surface area contributed by atoms with Crippen molar-refractivity contribution in [3.63, 3.8) is 0 Å². The highest BCUT2D eigenvalue weighted by Gasteiger charge is 2.12. The summed E-state index contributed by atoms with van der Waals surface area (Å²) in [5, 5.41) is 20.6. The second-order valence-electron chi connectivity index (χ2n) is 4.60. The maximum absolute atomic E-state index is 12.0. The molecular formula is C16H14BNO5. The molecule has 0 aliphatic heterocycles. The number of anilines is 1. The topological polar surface area (TPSA) is 95.9 Å². The molecule has 0 saturated heterocycles. The van der Waals surface area contributed by atoms with Crippen LogP contribution in [-0.4, -0.2) is 29.0 Å². The molecule has 0 unspecified atom stereocenters. The van der Waals surface area contributed by atoms with Crippen molar-refractivity contribution in [3.05, 3.63) is 66.7 Å². The number of benzene rings is 2.